The molecule has 3 N–H and O–H groups in total. The maximum atomic E-state index is 15.0. The van der Waals surface area contributed by atoms with E-state index in [0.29, 0.717) is 19.5 Å². The SMILES string of the molecule is COc1c(N2CCC(CO)C2)c(F)c(O)c2c(=O)[nH]c(=O)n(C3CC3)c12. The summed E-state index contributed by atoms with van der Waals surface area (Å²) in [6.07, 6.45) is 2.19. The summed E-state index contributed by atoms with van der Waals surface area (Å²) in [6, 6.07) is -0.114. The van der Waals surface area contributed by atoms with Gasteiger partial charge in [-0.3, -0.25) is 14.3 Å². The molecule has 1 saturated carbocycles. The second-order valence-electron chi connectivity index (χ2n) is 6.91. The lowest BCUT2D eigenvalue weighted by Crippen LogP contribution is -2.31. The number of aliphatic hydroxyl groups excluding tert-OH is 1. The molecule has 0 radical (unpaired) electrons. The summed E-state index contributed by atoms with van der Waals surface area (Å²) < 4.78 is 21.8. The fourth-order valence-electron chi connectivity index (χ4n) is 3.77. The standard InChI is InChI=1S/C17H20FN3O5/c1-26-15-12-10(16(24)19-17(25)21(12)9-2-3-9)14(23)11(18)13(15)20-5-4-8(6-20)7-22/h8-9,22-23H,2-7H2,1H3,(H,19,24,25). The minimum atomic E-state index is -0.959. The predicted octanol–water partition coefficient (Wildman–Crippen LogP) is 0.697. The number of rotatable bonds is 4. The van der Waals surface area contributed by atoms with Gasteiger partial charge in [0.15, 0.2) is 17.3 Å². The van der Waals surface area contributed by atoms with Crippen LogP contribution in [0.25, 0.3) is 10.9 Å². The van der Waals surface area contributed by atoms with Crippen LogP contribution >= 0.6 is 0 Å². The molecule has 1 aliphatic carbocycles. The third-order valence-corrected chi connectivity index (χ3v) is 5.20. The summed E-state index contributed by atoms with van der Waals surface area (Å²) in [7, 11) is 1.34. The van der Waals surface area contributed by atoms with Crippen molar-refractivity contribution in [3.63, 3.8) is 0 Å². The largest absolute Gasteiger partial charge is 0.504 e. The van der Waals surface area contributed by atoms with Crippen LogP contribution in [0.1, 0.15) is 25.3 Å². The monoisotopic (exact) mass is 365 g/mol. The molecule has 1 saturated heterocycles. The van der Waals surface area contributed by atoms with Crippen molar-refractivity contribution in [3.05, 3.63) is 26.7 Å². The maximum Gasteiger partial charge on any atom is 0.329 e. The average Bonchev–Trinajstić information content (AvgIpc) is 3.33. The summed E-state index contributed by atoms with van der Waals surface area (Å²) >= 11 is 0. The molecule has 1 aromatic carbocycles. The molecule has 8 nitrogen and oxygen atoms in total. The Labute approximate surface area is 147 Å². The number of nitrogens with zero attached hydrogens (tertiary/aromatic N) is 2. The van der Waals surface area contributed by atoms with Crippen LogP contribution in [0.4, 0.5) is 10.1 Å². The Balaban J connectivity index is 2.07. The number of aliphatic hydroxyl groups is 1. The summed E-state index contributed by atoms with van der Waals surface area (Å²) in [5.41, 5.74) is -1.31. The van der Waals surface area contributed by atoms with Gasteiger partial charge in [-0.25, -0.2) is 9.18 Å². The summed E-state index contributed by atoms with van der Waals surface area (Å²) in [4.78, 5) is 28.5. The zero-order valence-corrected chi connectivity index (χ0v) is 14.3. The van der Waals surface area contributed by atoms with Gasteiger partial charge in [-0.15, -0.1) is 0 Å². The number of nitrogens with one attached hydrogen (secondary N) is 1. The normalized spacial score (nSPS) is 20.1. The topological polar surface area (TPSA) is 108 Å². The van der Waals surface area contributed by atoms with Crippen LogP contribution in [0.3, 0.4) is 0 Å². The molecule has 1 unspecified atom stereocenters. The van der Waals surface area contributed by atoms with Crippen molar-refractivity contribution >= 4 is 16.6 Å². The highest BCUT2D eigenvalue weighted by molar-refractivity contribution is 5.95. The number of ether oxygens (including phenoxy) is 1. The molecule has 2 fully saturated rings. The zero-order chi connectivity index (χ0) is 18.6. The molecule has 2 aromatic rings. The van der Waals surface area contributed by atoms with Gasteiger partial charge in [-0.05, 0) is 19.3 Å². The second kappa shape index (κ2) is 6.01. The van der Waals surface area contributed by atoms with Crippen molar-refractivity contribution in [2.24, 2.45) is 5.92 Å². The number of methoxy groups -OCH3 is 1. The number of halogens is 1. The predicted molar refractivity (Wildman–Crippen MR) is 92.7 cm³/mol. The van der Waals surface area contributed by atoms with E-state index in [-0.39, 0.29) is 40.9 Å². The maximum absolute atomic E-state index is 15.0. The summed E-state index contributed by atoms with van der Waals surface area (Å²) in [6.45, 7) is 0.846. The number of phenols is 1. The molecule has 1 aromatic heterocycles. The second-order valence-corrected chi connectivity index (χ2v) is 6.91. The minimum Gasteiger partial charge on any atom is -0.504 e. The van der Waals surface area contributed by atoms with Crippen molar-refractivity contribution in [1.29, 1.82) is 0 Å². The van der Waals surface area contributed by atoms with Gasteiger partial charge in [0.1, 0.15) is 16.6 Å². The number of aromatic hydroxyl groups is 1. The average molecular weight is 365 g/mol. The Bertz CT molecular complexity index is 995. The highest BCUT2D eigenvalue weighted by atomic mass is 19.1. The number of fused-ring (bicyclic) bond motifs is 1. The van der Waals surface area contributed by atoms with Crippen LogP contribution in [-0.2, 0) is 0 Å². The van der Waals surface area contributed by atoms with E-state index in [1.54, 1.807) is 4.90 Å². The lowest BCUT2D eigenvalue weighted by atomic mass is 10.1. The lowest BCUT2D eigenvalue weighted by molar-refractivity contribution is 0.238. The third kappa shape index (κ3) is 2.38. The molecule has 1 aliphatic heterocycles. The zero-order valence-electron chi connectivity index (χ0n) is 14.3. The van der Waals surface area contributed by atoms with Crippen molar-refractivity contribution in [2.45, 2.75) is 25.3 Å². The van der Waals surface area contributed by atoms with Crippen LogP contribution in [0.2, 0.25) is 0 Å². The van der Waals surface area contributed by atoms with E-state index in [4.69, 9.17) is 4.74 Å². The van der Waals surface area contributed by atoms with Gasteiger partial charge in [0.2, 0.25) is 0 Å². The molecule has 4 rings (SSSR count). The van der Waals surface area contributed by atoms with E-state index in [9.17, 15) is 19.8 Å². The molecule has 140 valence electrons. The third-order valence-electron chi connectivity index (χ3n) is 5.20. The van der Waals surface area contributed by atoms with Gasteiger partial charge in [0.05, 0.1) is 7.11 Å². The highest BCUT2D eigenvalue weighted by Gasteiger charge is 2.35. The van der Waals surface area contributed by atoms with Crippen molar-refractivity contribution < 1.29 is 19.3 Å². The molecule has 26 heavy (non-hydrogen) atoms. The van der Waals surface area contributed by atoms with Gasteiger partial charge >= 0.3 is 5.69 Å². The van der Waals surface area contributed by atoms with Crippen molar-refractivity contribution in [2.75, 3.05) is 31.7 Å². The number of anilines is 1. The highest BCUT2D eigenvalue weighted by Crippen LogP contribution is 2.46. The molecular weight excluding hydrogens is 345 g/mol. The summed E-state index contributed by atoms with van der Waals surface area (Å²) in [5.74, 6) is -1.70. The number of hydrogen-bond donors (Lipinski definition) is 3. The first-order valence-corrected chi connectivity index (χ1v) is 8.60. The number of hydrogen-bond acceptors (Lipinski definition) is 6. The van der Waals surface area contributed by atoms with Crippen LogP contribution in [-0.4, -0.2) is 46.6 Å². The van der Waals surface area contributed by atoms with Gasteiger partial charge < -0.3 is 19.8 Å². The first kappa shape index (κ1) is 16.9. The summed E-state index contributed by atoms with van der Waals surface area (Å²) in [5, 5.41) is 19.5. The fraction of sp³-hybridized carbons (Fsp3) is 0.529. The van der Waals surface area contributed by atoms with Crippen LogP contribution in [0.5, 0.6) is 11.5 Å². The smallest absolute Gasteiger partial charge is 0.329 e. The van der Waals surface area contributed by atoms with Crippen LogP contribution < -0.4 is 20.9 Å². The Hall–Kier alpha value is -2.55. The quantitative estimate of drug-likeness (QED) is 0.736. The number of benzene rings is 1. The minimum absolute atomic E-state index is 0.0123. The van der Waals surface area contributed by atoms with Gasteiger partial charge in [0.25, 0.3) is 5.56 Å². The first-order valence-electron chi connectivity index (χ1n) is 8.60. The van der Waals surface area contributed by atoms with E-state index < -0.39 is 22.8 Å². The van der Waals surface area contributed by atoms with E-state index in [2.05, 4.69) is 4.98 Å². The van der Waals surface area contributed by atoms with Gasteiger partial charge in [-0.2, -0.15) is 0 Å². The molecule has 2 aliphatic rings. The van der Waals surface area contributed by atoms with E-state index in [1.165, 1.54) is 11.7 Å². The number of aromatic nitrogens is 2. The first-order chi connectivity index (χ1) is 12.5. The molecule has 0 spiro atoms. The van der Waals surface area contributed by atoms with Crippen molar-refractivity contribution in [3.8, 4) is 11.5 Å². The Kier molecular flexibility index (Phi) is 3.91. The van der Waals surface area contributed by atoms with Crippen LogP contribution in [0, 0.1) is 11.7 Å². The molecule has 9 heteroatoms. The molecule has 1 atom stereocenters. The molecular formula is C17H20FN3O5. The Morgan fingerprint density at radius 3 is 2.62 bits per heavy atom. The molecule has 0 amide bonds. The number of aromatic amines is 1. The number of phenolic OH excluding ortho intramolecular Hbond substituents is 1. The fourth-order valence-corrected chi connectivity index (χ4v) is 3.77. The molecule has 2 heterocycles. The lowest BCUT2D eigenvalue weighted by Gasteiger charge is -2.24. The van der Waals surface area contributed by atoms with E-state index in [0.717, 1.165) is 12.8 Å². The van der Waals surface area contributed by atoms with E-state index >= 15 is 4.39 Å². The van der Waals surface area contributed by atoms with Crippen molar-refractivity contribution in [1.82, 2.24) is 9.55 Å². The molecule has 0 bridgehead atoms. The Morgan fingerprint density at radius 2 is 2.04 bits per heavy atom. The van der Waals surface area contributed by atoms with E-state index in [1.807, 2.05) is 0 Å². The Morgan fingerprint density at radius 1 is 1.31 bits per heavy atom. The number of H-pyrrole nitrogens is 1. The van der Waals surface area contributed by atoms with Gasteiger partial charge in [-0.1, -0.05) is 0 Å². The van der Waals surface area contributed by atoms with Gasteiger partial charge in [0, 0.05) is 31.7 Å². The van der Waals surface area contributed by atoms with Crippen LogP contribution in [0.15, 0.2) is 9.59 Å².